The van der Waals surface area contributed by atoms with Crippen molar-refractivity contribution in [2.24, 2.45) is 0 Å². The van der Waals surface area contributed by atoms with Crippen LogP contribution in [0.5, 0.6) is 11.5 Å². The van der Waals surface area contributed by atoms with Crippen molar-refractivity contribution in [1.29, 1.82) is 0 Å². The Kier molecular flexibility index (Phi) is 6.11. The number of quaternary nitrogens is 1. The lowest BCUT2D eigenvalue weighted by Gasteiger charge is -2.25. The fourth-order valence-corrected chi connectivity index (χ4v) is 2.95. The molecule has 0 radical (unpaired) electrons. The van der Waals surface area contributed by atoms with Gasteiger partial charge in [0.2, 0.25) is 0 Å². The summed E-state index contributed by atoms with van der Waals surface area (Å²) in [4.78, 5) is 21.8. The Hall–Kier alpha value is -2.95. The van der Waals surface area contributed by atoms with Crippen molar-refractivity contribution in [1.82, 2.24) is 19.0 Å². The third kappa shape index (κ3) is 4.45. The minimum atomic E-state index is -0.953. The van der Waals surface area contributed by atoms with Crippen molar-refractivity contribution < 1.29 is 23.7 Å². The molecular formula is C20H23F2N4O4+. The van der Waals surface area contributed by atoms with E-state index < -0.39 is 23.3 Å². The van der Waals surface area contributed by atoms with Gasteiger partial charge in [0.25, 0.3) is 5.56 Å². The summed E-state index contributed by atoms with van der Waals surface area (Å²) in [7, 11) is 3.62. The van der Waals surface area contributed by atoms with E-state index in [9.17, 15) is 23.8 Å². The van der Waals surface area contributed by atoms with Gasteiger partial charge in [-0.15, -0.1) is 0 Å². The molecule has 3 rings (SSSR count). The van der Waals surface area contributed by atoms with E-state index in [4.69, 9.17) is 4.74 Å². The quantitative estimate of drug-likeness (QED) is 0.565. The maximum atomic E-state index is 14.0. The highest BCUT2D eigenvalue weighted by molar-refractivity contribution is 5.76. The number of halogens is 2. The molecule has 0 bridgehead atoms. The fraction of sp³-hybridized carbons (Fsp3) is 0.350. The molecule has 10 heteroatoms. The number of hydrogen-bond acceptors (Lipinski definition) is 6. The molecule has 3 aromatic rings. The van der Waals surface area contributed by atoms with Gasteiger partial charge in [-0.3, -0.25) is 13.8 Å². The van der Waals surface area contributed by atoms with Crippen LogP contribution in [0, 0.1) is 11.6 Å². The fourth-order valence-electron chi connectivity index (χ4n) is 2.95. The number of fused-ring (bicyclic) bond motifs is 1. The molecule has 0 saturated carbocycles. The van der Waals surface area contributed by atoms with Gasteiger partial charge in [-0.05, 0) is 25.1 Å². The van der Waals surface area contributed by atoms with Crippen LogP contribution >= 0.6 is 0 Å². The maximum Gasteiger partial charge on any atom is 0.330 e. The lowest BCUT2D eigenvalue weighted by Crippen LogP contribution is -2.44. The second-order valence-corrected chi connectivity index (χ2v) is 7.53. The Morgan fingerprint density at radius 3 is 2.60 bits per heavy atom. The summed E-state index contributed by atoms with van der Waals surface area (Å²) in [6.07, 6.45) is 0.614. The molecule has 0 spiro atoms. The third-order valence-corrected chi connectivity index (χ3v) is 4.54. The summed E-state index contributed by atoms with van der Waals surface area (Å²) in [6, 6.07) is 4.13. The van der Waals surface area contributed by atoms with Gasteiger partial charge < -0.3 is 14.9 Å². The topological polar surface area (TPSA) is 97.5 Å². The molecule has 0 amide bonds. The summed E-state index contributed by atoms with van der Waals surface area (Å²) < 4.78 is 33.9. The highest BCUT2D eigenvalue weighted by Gasteiger charge is 2.24. The number of aliphatic hydroxyl groups is 2. The zero-order valence-corrected chi connectivity index (χ0v) is 16.8. The predicted molar refractivity (Wildman–Crippen MR) is 108 cm³/mol. The van der Waals surface area contributed by atoms with Crippen LogP contribution in [0.15, 0.2) is 35.3 Å². The van der Waals surface area contributed by atoms with Gasteiger partial charge >= 0.3 is 5.95 Å². The molecule has 0 fully saturated rings. The van der Waals surface area contributed by atoms with Crippen LogP contribution in [0.3, 0.4) is 0 Å². The predicted octanol–water partition coefficient (Wildman–Crippen LogP) is 1.80. The Bertz CT molecular complexity index is 1130. The molecule has 2 aromatic heterocycles. The second kappa shape index (κ2) is 8.42. The average molecular weight is 421 g/mol. The van der Waals surface area contributed by atoms with Crippen molar-refractivity contribution in [3.8, 4) is 11.5 Å². The molecule has 0 aliphatic heterocycles. The molecule has 0 saturated heterocycles. The number of likely N-dealkylation sites (N-methyl/N-ethyl adjacent to an activating group) is 1. The molecule has 1 aromatic carbocycles. The first kappa shape index (κ1) is 21.8. The van der Waals surface area contributed by atoms with Gasteiger partial charge in [-0.1, -0.05) is 0 Å². The van der Waals surface area contributed by atoms with Crippen molar-refractivity contribution in [2.75, 3.05) is 27.2 Å². The van der Waals surface area contributed by atoms with E-state index in [0.29, 0.717) is 23.9 Å². The summed E-state index contributed by atoms with van der Waals surface area (Å²) in [6.45, 7) is 1.71. The lowest BCUT2D eigenvalue weighted by molar-refractivity contribution is 0.173. The highest BCUT2D eigenvalue weighted by Crippen LogP contribution is 2.26. The number of rotatable bonds is 7. The van der Waals surface area contributed by atoms with E-state index >= 15 is 0 Å². The number of benzene rings is 1. The molecule has 0 aliphatic rings. The summed E-state index contributed by atoms with van der Waals surface area (Å²) in [5.41, 5.74) is -0.369. The number of ether oxygens (including phenoxy) is 1. The molecule has 0 aliphatic carbocycles. The van der Waals surface area contributed by atoms with Gasteiger partial charge in [0.05, 0.1) is 33.4 Å². The van der Waals surface area contributed by atoms with Crippen LogP contribution in [0.4, 0.5) is 14.7 Å². The first-order valence-electron chi connectivity index (χ1n) is 9.28. The van der Waals surface area contributed by atoms with E-state index in [-0.39, 0.29) is 34.8 Å². The number of aliphatic hydroxyl groups excluding tert-OH is 2. The van der Waals surface area contributed by atoms with Gasteiger partial charge in [0.15, 0.2) is 23.0 Å². The van der Waals surface area contributed by atoms with E-state index in [1.54, 1.807) is 0 Å². The summed E-state index contributed by atoms with van der Waals surface area (Å²) in [5.74, 6) is -1.88. The van der Waals surface area contributed by atoms with Crippen molar-refractivity contribution in [3.05, 3.63) is 52.5 Å². The van der Waals surface area contributed by atoms with Crippen LogP contribution in [0.1, 0.15) is 6.92 Å². The molecule has 0 unspecified atom stereocenters. The van der Waals surface area contributed by atoms with Gasteiger partial charge in [-0.25, -0.2) is 8.78 Å². The number of aromatic nitrogens is 3. The summed E-state index contributed by atoms with van der Waals surface area (Å²) >= 11 is 0. The number of pyridine rings is 1. The molecule has 160 valence electrons. The average Bonchev–Trinajstić information content (AvgIpc) is 2.66. The standard InChI is InChI=1S/C20H23F2N4O4/c1-12(28)11-25-18-13(10-23-20(24-18)26(2,3)6-7-27)8-17(19(25)29)30-16-5-4-14(21)9-15(16)22/h4-5,8-10,12,27-28H,6-7,11H2,1-3H3/q+1/t12-/m0/s1. The smallest absolute Gasteiger partial charge is 0.330 e. The zero-order valence-electron chi connectivity index (χ0n) is 16.8. The zero-order chi connectivity index (χ0) is 22.1. The highest BCUT2D eigenvalue weighted by atomic mass is 19.1. The van der Waals surface area contributed by atoms with Crippen LogP contribution < -0.4 is 14.8 Å². The summed E-state index contributed by atoms with van der Waals surface area (Å²) in [5, 5.41) is 19.6. The third-order valence-electron chi connectivity index (χ3n) is 4.54. The molecule has 30 heavy (non-hydrogen) atoms. The second-order valence-electron chi connectivity index (χ2n) is 7.53. The Morgan fingerprint density at radius 2 is 1.97 bits per heavy atom. The molecule has 8 nitrogen and oxygen atoms in total. The van der Waals surface area contributed by atoms with Crippen molar-refractivity contribution in [2.45, 2.75) is 19.6 Å². The lowest BCUT2D eigenvalue weighted by atomic mass is 10.2. The Morgan fingerprint density at radius 1 is 1.23 bits per heavy atom. The van der Waals surface area contributed by atoms with E-state index in [1.807, 2.05) is 14.1 Å². The molecule has 2 heterocycles. The van der Waals surface area contributed by atoms with Crippen LogP contribution in [0.2, 0.25) is 0 Å². The van der Waals surface area contributed by atoms with Gasteiger partial charge in [0, 0.05) is 17.6 Å². The Labute approximate surface area is 171 Å². The van der Waals surface area contributed by atoms with E-state index in [0.717, 1.165) is 12.1 Å². The van der Waals surface area contributed by atoms with Crippen LogP contribution in [-0.4, -0.2) is 58.1 Å². The van der Waals surface area contributed by atoms with Crippen molar-refractivity contribution in [3.63, 3.8) is 0 Å². The SMILES string of the molecule is C[C@H](O)Cn1c(=O)c(Oc2ccc(F)cc2F)cc2cnc([N+](C)(C)CCO)nc21. The minimum Gasteiger partial charge on any atom is -0.448 e. The first-order valence-corrected chi connectivity index (χ1v) is 9.28. The largest absolute Gasteiger partial charge is 0.448 e. The minimum absolute atomic E-state index is 0.0785. The van der Waals surface area contributed by atoms with Gasteiger partial charge in [0.1, 0.15) is 12.4 Å². The number of hydrogen-bond donors (Lipinski definition) is 2. The maximum absolute atomic E-state index is 14.0. The molecule has 1 atom stereocenters. The van der Waals surface area contributed by atoms with Crippen LogP contribution in [0.25, 0.3) is 11.0 Å². The van der Waals surface area contributed by atoms with Crippen molar-refractivity contribution >= 4 is 17.0 Å². The van der Waals surface area contributed by atoms with E-state index in [1.165, 1.54) is 23.8 Å². The normalized spacial score (nSPS) is 12.9. The van der Waals surface area contributed by atoms with Crippen LogP contribution in [-0.2, 0) is 6.54 Å². The monoisotopic (exact) mass is 421 g/mol. The molecule has 2 N–H and O–H groups in total. The first-order chi connectivity index (χ1) is 14.1. The number of nitrogens with zero attached hydrogens (tertiary/aromatic N) is 4. The van der Waals surface area contributed by atoms with E-state index in [2.05, 4.69) is 9.97 Å². The Balaban J connectivity index is 2.16. The van der Waals surface area contributed by atoms with Gasteiger partial charge in [-0.2, -0.15) is 9.97 Å². The molecular weight excluding hydrogens is 398 g/mol.